The van der Waals surface area contributed by atoms with Gasteiger partial charge in [-0.15, -0.1) is 0 Å². The maximum Gasteiger partial charge on any atom is 0.273 e. The van der Waals surface area contributed by atoms with Gasteiger partial charge in [-0.25, -0.2) is 10.9 Å². The van der Waals surface area contributed by atoms with E-state index < -0.39 is 10.8 Å². The van der Waals surface area contributed by atoms with Crippen LogP contribution in [0.1, 0.15) is 10.4 Å². The molecule has 0 aromatic heterocycles. The smallest absolute Gasteiger partial charge is 0.267 e. The van der Waals surface area contributed by atoms with Gasteiger partial charge in [-0.2, -0.15) is 0 Å². The lowest BCUT2D eigenvalue weighted by Crippen LogP contribution is -2.40. The fourth-order valence-corrected chi connectivity index (χ4v) is 1.41. The number of carbonyl (C=O) groups is 1. The summed E-state index contributed by atoms with van der Waals surface area (Å²) in [6.07, 6.45) is 1.70. The van der Waals surface area contributed by atoms with Gasteiger partial charge >= 0.3 is 0 Å². The minimum absolute atomic E-state index is 0.0856. The first-order valence-corrected chi connectivity index (χ1v) is 6.02. The number of carbonyl (C=O) groups excluding carboxylic acids is 1. The predicted octanol–water partition coefficient (Wildman–Crippen LogP) is 1.56. The van der Waals surface area contributed by atoms with Crippen LogP contribution in [0.15, 0.2) is 24.3 Å². The van der Waals surface area contributed by atoms with Gasteiger partial charge < -0.3 is 0 Å². The van der Waals surface area contributed by atoms with Crippen LogP contribution < -0.4 is 5.84 Å². The fourth-order valence-electron chi connectivity index (χ4n) is 1.05. The van der Waals surface area contributed by atoms with E-state index in [0.717, 1.165) is 5.01 Å². The molecule has 90 valence electrons. The molecule has 0 spiro atoms. The van der Waals surface area contributed by atoms with Crippen LogP contribution in [-0.4, -0.2) is 26.4 Å². The van der Waals surface area contributed by atoms with Crippen LogP contribution >= 0.6 is 24.0 Å². The Kier molecular flexibility index (Phi) is 4.55. The predicted molar refractivity (Wildman–Crippen MR) is 69.6 cm³/mol. The zero-order valence-corrected chi connectivity index (χ0v) is 10.5. The third kappa shape index (κ3) is 3.22. The molecule has 0 fully saturated rings. The Morgan fingerprint density at radius 2 is 2.00 bits per heavy atom. The minimum atomic E-state index is -0.541. The molecule has 1 aromatic carbocycles. The highest BCUT2D eigenvalue weighted by molar-refractivity contribution is 8.22. The van der Waals surface area contributed by atoms with Crippen LogP contribution in [0.25, 0.3) is 0 Å². The number of thiocarbonyl (C=S) groups is 1. The fraction of sp³-hybridized carbons (Fsp3) is 0.111. The average Bonchev–Trinajstić information content (AvgIpc) is 2.36. The highest BCUT2D eigenvalue weighted by atomic mass is 32.2. The van der Waals surface area contributed by atoms with Gasteiger partial charge in [0.05, 0.1) is 4.92 Å². The molecule has 1 rings (SSSR count). The number of nitro groups is 1. The molecule has 0 aliphatic carbocycles. The van der Waals surface area contributed by atoms with Crippen molar-refractivity contribution in [1.82, 2.24) is 5.01 Å². The lowest BCUT2D eigenvalue weighted by atomic mass is 10.2. The Balaban J connectivity index is 2.90. The largest absolute Gasteiger partial charge is 0.273 e. The number of hydrogen-bond acceptors (Lipinski definition) is 6. The first-order chi connectivity index (χ1) is 7.97. The lowest BCUT2D eigenvalue weighted by molar-refractivity contribution is -0.384. The average molecular weight is 271 g/mol. The summed E-state index contributed by atoms with van der Waals surface area (Å²) in [5, 5.41) is 11.3. The van der Waals surface area contributed by atoms with Crippen LogP contribution in [-0.2, 0) is 0 Å². The second-order valence-corrected chi connectivity index (χ2v) is 4.39. The SMILES string of the molecule is CSC(=S)N(N)C(=O)c1ccc([N+](=O)[O-])cc1. The van der Waals surface area contributed by atoms with Crippen molar-refractivity contribution in [3.63, 3.8) is 0 Å². The van der Waals surface area contributed by atoms with Crippen LogP contribution in [0.2, 0.25) is 0 Å². The number of nitro benzene ring substituents is 1. The van der Waals surface area contributed by atoms with Gasteiger partial charge in [0.1, 0.15) is 0 Å². The normalized spacial score (nSPS) is 9.76. The van der Waals surface area contributed by atoms with Gasteiger partial charge in [0.15, 0.2) is 4.32 Å². The molecule has 0 heterocycles. The van der Waals surface area contributed by atoms with Crippen LogP contribution in [0.5, 0.6) is 0 Å². The second kappa shape index (κ2) is 5.71. The van der Waals surface area contributed by atoms with Gasteiger partial charge in [-0.3, -0.25) is 14.9 Å². The van der Waals surface area contributed by atoms with Gasteiger partial charge in [-0.1, -0.05) is 24.0 Å². The number of hydrazine groups is 1. The summed E-state index contributed by atoms with van der Waals surface area (Å²) < 4.78 is 0.230. The maximum absolute atomic E-state index is 11.8. The molecule has 0 bridgehead atoms. The van der Waals surface area contributed by atoms with Gasteiger partial charge in [0.25, 0.3) is 11.6 Å². The Morgan fingerprint density at radius 1 is 1.47 bits per heavy atom. The molecule has 0 saturated heterocycles. The quantitative estimate of drug-likeness (QED) is 0.289. The zero-order valence-electron chi connectivity index (χ0n) is 8.82. The van der Waals surface area contributed by atoms with Crippen molar-refractivity contribution in [2.24, 2.45) is 5.84 Å². The Bertz CT molecular complexity index is 461. The zero-order chi connectivity index (χ0) is 13.0. The molecule has 2 N–H and O–H groups in total. The molecule has 8 heteroatoms. The third-order valence-electron chi connectivity index (χ3n) is 1.92. The number of non-ortho nitro benzene ring substituents is 1. The summed E-state index contributed by atoms with van der Waals surface area (Å²) >= 11 is 6.02. The number of rotatable bonds is 2. The van der Waals surface area contributed by atoms with Gasteiger partial charge in [0, 0.05) is 17.7 Å². The first kappa shape index (κ1) is 13.6. The molecule has 17 heavy (non-hydrogen) atoms. The van der Waals surface area contributed by atoms with E-state index in [1.54, 1.807) is 6.26 Å². The maximum atomic E-state index is 11.8. The number of hydrogen-bond donors (Lipinski definition) is 1. The molecule has 0 saturated carbocycles. The molecule has 0 aliphatic rings. The van der Waals surface area contributed by atoms with Crippen LogP contribution in [0.3, 0.4) is 0 Å². The molecule has 0 aliphatic heterocycles. The van der Waals surface area contributed by atoms with E-state index in [9.17, 15) is 14.9 Å². The number of amides is 1. The number of nitrogens with two attached hydrogens (primary N) is 1. The Morgan fingerprint density at radius 3 is 2.41 bits per heavy atom. The molecule has 0 atom stereocenters. The van der Waals surface area contributed by atoms with Crippen molar-refractivity contribution in [2.75, 3.05) is 6.26 Å². The summed E-state index contributed by atoms with van der Waals surface area (Å²) in [4.78, 5) is 21.6. The topological polar surface area (TPSA) is 89.5 Å². The molecular formula is C9H9N3O3S2. The van der Waals surface area contributed by atoms with Crippen molar-refractivity contribution in [3.05, 3.63) is 39.9 Å². The minimum Gasteiger partial charge on any atom is -0.267 e. The first-order valence-electron chi connectivity index (χ1n) is 4.39. The highest BCUT2D eigenvalue weighted by Crippen LogP contribution is 2.14. The van der Waals surface area contributed by atoms with E-state index >= 15 is 0 Å². The van der Waals surface area contributed by atoms with E-state index in [2.05, 4.69) is 0 Å². The molecule has 0 radical (unpaired) electrons. The molecular weight excluding hydrogens is 262 g/mol. The number of thioether (sulfide) groups is 1. The summed E-state index contributed by atoms with van der Waals surface area (Å²) in [5.41, 5.74) is 0.159. The van der Waals surface area contributed by atoms with Crippen molar-refractivity contribution in [1.29, 1.82) is 0 Å². The van der Waals surface area contributed by atoms with Gasteiger partial charge in [0.2, 0.25) is 0 Å². The molecule has 0 unspecified atom stereocenters. The summed E-state index contributed by atoms with van der Waals surface area (Å²) in [6.45, 7) is 0. The van der Waals surface area contributed by atoms with Crippen molar-refractivity contribution >= 4 is 39.9 Å². The standard InChI is InChI=1S/C9H9N3O3S2/c1-17-9(16)11(10)8(13)6-2-4-7(5-3-6)12(14)15/h2-5H,10H2,1H3. The second-order valence-electron chi connectivity index (χ2n) is 2.95. The third-order valence-corrected chi connectivity index (χ3v) is 3.16. The van der Waals surface area contributed by atoms with Crippen LogP contribution in [0, 0.1) is 10.1 Å². The Hall–Kier alpha value is -1.51. The van der Waals surface area contributed by atoms with E-state index in [0.29, 0.717) is 0 Å². The number of benzene rings is 1. The van der Waals surface area contributed by atoms with Crippen molar-refractivity contribution in [2.45, 2.75) is 0 Å². The van der Waals surface area contributed by atoms with E-state index in [1.165, 1.54) is 36.0 Å². The van der Waals surface area contributed by atoms with Crippen molar-refractivity contribution < 1.29 is 9.72 Å². The van der Waals surface area contributed by atoms with Gasteiger partial charge in [-0.05, 0) is 18.4 Å². The van der Waals surface area contributed by atoms with Crippen LogP contribution in [0.4, 0.5) is 5.69 Å². The van der Waals surface area contributed by atoms with E-state index in [4.69, 9.17) is 18.1 Å². The van der Waals surface area contributed by atoms with E-state index in [1.807, 2.05) is 0 Å². The van der Waals surface area contributed by atoms with E-state index in [-0.39, 0.29) is 15.6 Å². The molecule has 1 aromatic rings. The summed E-state index contributed by atoms with van der Waals surface area (Å²) in [6, 6.07) is 5.15. The van der Waals surface area contributed by atoms with Crippen molar-refractivity contribution in [3.8, 4) is 0 Å². The number of nitrogens with zero attached hydrogens (tertiary/aromatic N) is 2. The Labute approximate surface area is 107 Å². The highest BCUT2D eigenvalue weighted by Gasteiger charge is 2.16. The lowest BCUT2D eigenvalue weighted by Gasteiger charge is -2.15. The molecule has 6 nitrogen and oxygen atoms in total. The molecule has 1 amide bonds. The monoisotopic (exact) mass is 271 g/mol. The summed E-state index contributed by atoms with van der Waals surface area (Å²) in [5.74, 6) is 4.99. The summed E-state index contributed by atoms with van der Waals surface area (Å²) in [7, 11) is 0.